The summed E-state index contributed by atoms with van der Waals surface area (Å²) in [6, 6.07) is 11.2. The van der Waals surface area contributed by atoms with E-state index in [1.807, 2.05) is 0 Å². The zero-order valence-corrected chi connectivity index (χ0v) is 24.9. The highest BCUT2D eigenvalue weighted by Crippen LogP contribution is 2.32. The second-order valence-electron chi connectivity index (χ2n) is 9.68. The molecule has 0 radical (unpaired) electrons. The minimum Gasteiger partial charge on any atom is -0.496 e. The monoisotopic (exact) mass is 647 g/mol. The fourth-order valence-corrected chi connectivity index (χ4v) is 5.09. The molecule has 0 unspecified atom stereocenters. The normalized spacial score (nSPS) is 11.8. The van der Waals surface area contributed by atoms with Gasteiger partial charge < -0.3 is 25.6 Å². The van der Waals surface area contributed by atoms with Crippen molar-refractivity contribution in [2.24, 2.45) is 5.73 Å². The maximum absolute atomic E-state index is 13.8. The Labute approximate surface area is 250 Å². The zero-order valence-electron chi connectivity index (χ0n) is 23.3. The van der Waals surface area contributed by atoms with Crippen molar-refractivity contribution in [2.75, 3.05) is 19.0 Å². The first-order valence-electron chi connectivity index (χ1n) is 12.1. The number of esters is 1. The topological polar surface area (TPSA) is 185 Å². The predicted octanol–water partition coefficient (Wildman–Crippen LogP) is 4.37. The minimum atomic E-state index is -5.08. The van der Waals surface area contributed by atoms with Gasteiger partial charge >= 0.3 is 18.1 Å². The Kier molecular flexibility index (Phi) is 11.3. The summed E-state index contributed by atoms with van der Waals surface area (Å²) in [6.07, 6.45) is -3.71. The molecule has 3 aromatic rings. The third-order valence-electron chi connectivity index (χ3n) is 5.21. The van der Waals surface area contributed by atoms with Gasteiger partial charge in [-0.25, -0.2) is 18.2 Å². The molecule has 0 atom stereocenters. The Morgan fingerprint density at radius 3 is 2.28 bits per heavy atom. The number of methoxy groups -OCH3 is 1. The van der Waals surface area contributed by atoms with E-state index in [0.29, 0.717) is 27.1 Å². The van der Waals surface area contributed by atoms with Gasteiger partial charge in [0.1, 0.15) is 23.7 Å². The van der Waals surface area contributed by atoms with Crippen LogP contribution in [0.15, 0.2) is 53.6 Å². The number of hydrogen-bond acceptors (Lipinski definition) is 8. The van der Waals surface area contributed by atoms with Gasteiger partial charge in [0.2, 0.25) is 10.0 Å². The number of ether oxygens (including phenoxy) is 2. The van der Waals surface area contributed by atoms with Crippen LogP contribution in [0.2, 0.25) is 5.02 Å². The summed E-state index contributed by atoms with van der Waals surface area (Å²) in [6.45, 7) is 4.44. The highest BCUT2D eigenvalue weighted by molar-refractivity contribution is 7.89. The quantitative estimate of drug-likeness (QED) is 0.155. The van der Waals surface area contributed by atoms with Crippen LogP contribution in [0.4, 0.5) is 19.0 Å². The van der Waals surface area contributed by atoms with Gasteiger partial charge in [0.05, 0.1) is 17.0 Å². The Balaban J connectivity index is 0.000000821. The molecule has 1 heterocycles. The number of guanidine groups is 1. The van der Waals surface area contributed by atoms with Gasteiger partial charge in [-0.2, -0.15) is 17.5 Å². The molecule has 0 saturated carbocycles. The van der Waals surface area contributed by atoms with Crippen LogP contribution in [-0.2, 0) is 30.9 Å². The number of fused-ring (bicyclic) bond motifs is 1. The number of carbonyl (C=O) groups is 2. The Bertz CT molecular complexity index is 1610. The van der Waals surface area contributed by atoms with Crippen molar-refractivity contribution >= 4 is 56.1 Å². The molecule has 0 spiro atoms. The summed E-state index contributed by atoms with van der Waals surface area (Å²) < 4.78 is 71.2. The fraction of sp³-hybridized carbons (Fsp3) is 0.308. The number of aromatic nitrogens is 1. The third kappa shape index (κ3) is 9.97. The number of hydrogen-bond donors (Lipinski definition) is 4. The number of para-hydroxylation sites is 1. The van der Waals surface area contributed by atoms with E-state index in [2.05, 4.69) is 10.3 Å². The number of nitrogens with zero attached hydrogens (tertiary/aromatic N) is 2. The largest absolute Gasteiger partial charge is 0.496 e. The van der Waals surface area contributed by atoms with E-state index in [4.69, 9.17) is 42.1 Å². The number of anilines is 1. The number of benzene rings is 2. The molecule has 17 heteroatoms. The van der Waals surface area contributed by atoms with Crippen LogP contribution in [0.25, 0.3) is 10.8 Å². The van der Waals surface area contributed by atoms with Crippen molar-refractivity contribution in [3.63, 3.8) is 0 Å². The van der Waals surface area contributed by atoms with Gasteiger partial charge in [0, 0.05) is 29.1 Å². The smallest absolute Gasteiger partial charge is 0.490 e. The minimum absolute atomic E-state index is 0.107. The molecule has 0 bridgehead atoms. The molecule has 1 aromatic heterocycles. The molecule has 0 fully saturated rings. The lowest BCUT2D eigenvalue weighted by molar-refractivity contribution is -0.192. The molecule has 2 aromatic carbocycles. The lowest BCUT2D eigenvalue weighted by Crippen LogP contribution is -2.38. The van der Waals surface area contributed by atoms with E-state index in [1.54, 1.807) is 45.0 Å². The van der Waals surface area contributed by atoms with E-state index in [-0.39, 0.29) is 23.2 Å². The lowest BCUT2D eigenvalue weighted by atomic mass is 10.1. The van der Waals surface area contributed by atoms with Crippen LogP contribution in [0.3, 0.4) is 0 Å². The summed E-state index contributed by atoms with van der Waals surface area (Å²) in [5.74, 6) is -3.19. The van der Waals surface area contributed by atoms with Crippen molar-refractivity contribution in [3.05, 3.63) is 59.2 Å². The molecule has 0 amide bonds. The number of carboxylic acids is 1. The van der Waals surface area contributed by atoms with Crippen LogP contribution in [0.1, 0.15) is 26.3 Å². The molecule has 0 saturated heterocycles. The molecule has 0 aliphatic rings. The first kappa shape index (κ1) is 35.0. The highest BCUT2D eigenvalue weighted by atomic mass is 35.5. The predicted molar refractivity (Wildman–Crippen MR) is 152 cm³/mol. The Morgan fingerprint density at radius 1 is 1.14 bits per heavy atom. The molecule has 0 aliphatic carbocycles. The van der Waals surface area contributed by atoms with Crippen molar-refractivity contribution in [1.29, 1.82) is 5.41 Å². The maximum atomic E-state index is 13.8. The van der Waals surface area contributed by atoms with Crippen LogP contribution in [0, 0.1) is 5.41 Å². The van der Waals surface area contributed by atoms with Gasteiger partial charge in [0.25, 0.3) is 0 Å². The zero-order chi connectivity index (χ0) is 32.8. The standard InChI is InChI=1S/C24H28ClN5O5S.C2HF3O2/c1-24(2,3)35-21(31)14-30(13-15-7-5-6-8-20(15)34-4)36(32,33)16-9-10-17-18(11-16)22(29-23(26)27)28-12-19(17)25;3-2(4,5)1(6)7/h5-12H,13-14H2,1-4H3,(H4,26,27,28,29);(H,6,7). The number of aliphatic carboxylic acids is 1. The lowest BCUT2D eigenvalue weighted by Gasteiger charge is -2.25. The summed E-state index contributed by atoms with van der Waals surface area (Å²) in [7, 11) is -2.75. The van der Waals surface area contributed by atoms with Gasteiger partial charge in [-0.1, -0.05) is 35.9 Å². The number of sulfonamides is 1. The highest BCUT2D eigenvalue weighted by Gasteiger charge is 2.38. The number of alkyl halides is 3. The van der Waals surface area contributed by atoms with Crippen LogP contribution < -0.4 is 15.8 Å². The van der Waals surface area contributed by atoms with Crippen molar-refractivity contribution in [3.8, 4) is 5.75 Å². The molecular weight excluding hydrogens is 619 g/mol. The Hall–Kier alpha value is -4.15. The average Bonchev–Trinajstić information content (AvgIpc) is 2.88. The first-order valence-corrected chi connectivity index (χ1v) is 13.9. The summed E-state index contributed by atoms with van der Waals surface area (Å²) >= 11 is 6.26. The summed E-state index contributed by atoms with van der Waals surface area (Å²) in [5.41, 5.74) is 5.22. The van der Waals surface area contributed by atoms with Gasteiger partial charge in [0.15, 0.2) is 5.96 Å². The van der Waals surface area contributed by atoms with Crippen LogP contribution in [0.5, 0.6) is 5.75 Å². The Morgan fingerprint density at radius 2 is 1.74 bits per heavy atom. The second kappa shape index (κ2) is 13.9. The van der Waals surface area contributed by atoms with E-state index in [1.165, 1.54) is 31.5 Å². The molecule has 234 valence electrons. The maximum Gasteiger partial charge on any atom is 0.490 e. The molecule has 12 nitrogen and oxygen atoms in total. The number of carbonyl (C=O) groups excluding carboxylic acids is 1. The number of pyridine rings is 1. The van der Waals surface area contributed by atoms with Gasteiger partial charge in [-0.3, -0.25) is 10.2 Å². The molecule has 43 heavy (non-hydrogen) atoms. The van der Waals surface area contributed by atoms with E-state index < -0.39 is 40.3 Å². The SMILES string of the molecule is COc1ccccc1CN(CC(=O)OC(C)(C)C)S(=O)(=O)c1ccc2c(Cl)cnc(NC(=N)N)c2c1.O=C(O)C(F)(F)F. The summed E-state index contributed by atoms with van der Waals surface area (Å²) in [4.78, 5) is 25.6. The number of nitrogens with two attached hydrogens (primary N) is 1. The summed E-state index contributed by atoms with van der Waals surface area (Å²) in [5, 5.41) is 18.4. The first-order chi connectivity index (χ1) is 19.8. The van der Waals surface area contributed by atoms with Crippen LogP contribution in [-0.4, -0.2) is 66.1 Å². The second-order valence-corrected chi connectivity index (χ2v) is 12.0. The number of carboxylic acid groups (broad SMARTS) is 1. The van der Waals surface area contributed by atoms with Crippen LogP contribution >= 0.6 is 11.6 Å². The van der Waals surface area contributed by atoms with Crippen molar-refractivity contribution in [1.82, 2.24) is 9.29 Å². The van der Waals surface area contributed by atoms with Crippen molar-refractivity contribution < 1.29 is 45.8 Å². The molecule has 0 aliphatic heterocycles. The van der Waals surface area contributed by atoms with E-state index >= 15 is 0 Å². The number of halogens is 4. The van der Waals surface area contributed by atoms with Gasteiger partial charge in [-0.15, -0.1) is 0 Å². The van der Waals surface area contributed by atoms with E-state index in [9.17, 15) is 26.4 Å². The average molecular weight is 648 g/mol. The molecular formula is C26H29ClF3N5O7S. The number of nitrogens with one attached hydrogen (secondary N) is 2. The van der Waals surface area contributed by atoms with E-state index in [0.717, 1.165) is 4.31 Å². The third-order valence-corrected chi connectivity index (χ3v) is 7.30. The fourth-order valence-electron chi connectivity index (χ4n) is 3.49. The molecule has 3 rings (SSSR count). The molecule has 5 N–H and O–H groups in total. The van der Waals surface area contributed by atoms with Crippen molar-refractivity contribution in [2.45, 2.75) is 44.0 Å². The van der Waals surface area contributed by atoms with Gasteiger partial charge in [-0.05, 0) is 39.0 Å². The number of rotatable bonds is 8.